The molecule has 2 unspecified atom stereocenters. The number of rotatable bonds is 60. The molecule has 416 valence electrons. The van der Waals surface area contributed by atoms with Crippen LogP contribution in [-0.2, 0) is 14.3 Å². The van der Waals surface area contributed by atoms with Gasteiger partial charge in [0.2, 0.25) is 5.91 Å². The molecule has 3 N–H and O–H groups in total. The minimum atomic E-state index is -0.846. The van der Waals surface area contributed by atoms with Crippen LogP contribution in [0.4, 0.5) is 0 Å². The number of allylic oxidation sites excluding steroid dienone is 1. The van der Waals surface area contributed by atoms with E-state index in [0.717, 1.165) is 38.5 Å². The summed E-state index contributed by atoms with van der Waals surface area (Å²) in [6.07, 6.45) is 72.5. The molecule has 0 fully saturated rings. The fraction of sp³-hybridized carbons (Fsp3) is 0.938. The molecule has 70 heavy (non-hydrogen) atoms. The van der Waals surface area contributed by atoms with E-state index >= 15 is 0 Å². The fourth-order valence-corrected chi connectivity index (χ4v) is 10.2. The Bertz CT molecular complexity index is 1050. The molecule has 1 amide bonds. The van der Waals surface area contributed by atoms with Crippen molar-refractivity contribution in [3.8, 4) is 0 Å². The van der Waals surface area contributed by atoms with Crippen molar-refractivity contribution in [3.05, 3.63) is 12.2 Å². The SMILES string of the molecule is CCCCCCCCCCCCCCCC/C=C/C(O)C(CO)NC(=O)CCCCCCCCCCCCCCCCCCCCCOC(=O)CCCCCCCCCCCCCCCCCCCC. The molecule has 0 heterocycles. The Balaban J connectivity index is 3.39. The van der Waals surface area contributed by atoms with E-state index in [0.29, 0.717) is 19.4 Å². The molecule has 0 aliphatic rings. The lowest BCUT2D eigenvalue weighted by molar-refractivity contribution is -0.143. The normalized spacial score (nSPS) is 12.6. The third kappa shape index (κ3) is 55.9. The smallest absolute Gasteiger partial charge is 0.305 e. The third-order valence-electron chi connectivity index (χ3n) is 15.1. The topological polar surface area (TPSA) is 95.9 Å². The van der Waals surface area contributed by atoms with Gasteiger partial charge in [0, 0.05) is 12.8 Å². The Kier molecular flexibility index (Phi) is 59.0. The maximum atomic E-state index is 12.5. The van der Waals surface area contributed by atoms with Crippen LogP contribution < -0.4 is 5.32 Å². The van der Waals surface area contributed by atoms with Crippen LogP contribution >= 0.6 is 0 Å². The zero-order valence-electron chi connectivity index (χ0n) is 47.5. The van der Waals surface area contributed by atoms with Crippen LogP contribution in [0.3, 0.4) is 0 Å². The van der Waals surface area contributed by atoms with Crippen LogP contribution in [0.2, 0.25) is 0 Å². The number of nitrogens with one attached hydrogen (secondary N) is 1. The number of aliphatic hydroxyl groups excluding tert-OH is 2. The van der Waals surface area contributed by atoms with Gasteiger partial charge in [0.05, 0.1) is 25.4 Å². The molecule has 0 saturated carbocycles. The summed E-state index contributed by atoms with van der Waals surface area (Å²) < 4.78 is 5.50. The van der Waals surface area contributed by atoms with Crippen molar-refractivity contribution in [2.24, 2.45) is 0 Å². The van der Waals surface area contributed by atoms with Gasteiger partial charge in [0.15, 0.2) is 0 Å². The van der Waals surface area contributed by atoms with Gasteiger partial charge in [-0.25, -0.2) is 0 Å². The molecular weight excluding hydrogens is 863 g/mol. The summed E-state index contributed by atoms with van der Waals surface area (Å²) in [6.45, 7) is 4.93. The highest BCUT2D eigenvalue weighted by Crippen LogP contribution is 2.18. The lowest BCUT2D eigenvalue weighted by Gasteiger charge is -2.20. The number of ether oxygens (including phenoxy) is 1. The molecule has 0 radical (unpaired) electrons. The van der Waals surface area contributed by atoms with Crippen LogP contribution in [0, 0.1) is 0 Å². The summed E-state index contributed by atoms with van der Waals surface area (Å²) in [5, 5.41) is 23.1. The molecule has 6 heteroatoms. The number of hydrogen-bond acceptors (Lipinski definition) is 5. The van der Waals surface area contributed by atoms with E-state index in [-0.39, 0.29) is 18.5 Å². The molecule has 0 aliphatic carbocycles. The van der Waals surface area contributed by atoms with Gasteiger partial charge in [-0.2, -0.15) is 0 Å². The van der Waals surface area contributed by atoms with E-state index in [4.69, 9.17) is 4.74 Å². The van der Waals surface area contributed by atoms with Crippen LogP contribution in [-0.4, -0.2) is 47.4 Å². The van der Waals surface area contributed by atoms with E-state index in [2.05, 4.69) is 19.2 Å². The maximum Gasteiger partial charge on any atom is 0.305 e. The molecule has 0 aromatic carbocycles. The molecule has 0 aromatic heterocycles. The lowest BCUT2D eigenvalue weighted by atomic mass is 10.0. The minimum Gasteiger partial charge on any atom is -0.466 e. The highest BCUT2D eigenvalue weighted by Gasteiger charge is 2.18. The van der Waals surface area contributed by atoms with E-state index in [1.165, 1.54) is 295 Å². The average molecular weight is 989 g/mol. The first-order chi connectivity index (χ1) is 34.5. The van der Waals surface area contributed by atoms with E-state index in [1.807, 2.05) is 6.08 Å². The quantitative estimate of drug-likeness (QED) is 0.0321. The molecule has 0 bridgehead atoms. The molecule has 0 spiro atoms. The van der Waals surface area contributed by atoms with Gasteiger partial charge in [0.1, 0.15) is 0 Å². The summed E-state index contributed by atoms with van der Waals surface area (Å²) in [5.41, 5.74) is 0. The van der Waals surface area contributed by atoms with Crippen molar-refractivity contribution in [1.82, 2.24) is 5.32 Å². The van der Waals surface area contributed by atoms with Crippen LogP contribution in [0.15, 0.2) is 12.2 Å². The number of amides is 1. The van der Waals surface area contributed by atoms with Gasteiger partial charge in [-0.05, 0) is 32.1 Å². The standard InChI is InChI=1S/C64H125NO5/c1-3-5-7-9-11-13-15-17-19-21-26-30-34-38-42-46-50-54-58-64(69)70-59-55-51-47-43-39-35-31-27-24-22-23-25-29-33-37-41-45-49-53-57-63(68)65-61(60-66)62(67)56-52-48-44-40-36-32-28-20-18-16-14-12-10-8-6-4-2/h52,56,61-62,66-67H,3-51,53-55,57-60H2,1-2H3,(H,65,68)/b56-52+. The number of carbonyl (C=O) groups is 2. The molecule has 0 saturated heterocycles. The second kappa shape index (κ2) is 60.2. The summed E-state index contributed by atoms with van der Waals surface area (Å²) in [4.78, 5) is 24.6. The van der Waals surface area contributed by atoms with Gasteiger partial charge < -0.3 is 20.3 Å². The second-order valence-electron chi connectivity index (χ2n) is 22.1. The number of aliphatic hydroxyl groups is 2. The van der Waals surface area contributed by atoms with Gasteiger partial charge in [-0.1, -0.05) is 328 Å². The predicted molar refractivity (Wildman–Crippen MR) is 306 cm³/mol. The summed E-state index contributed by atoms with van der Waals surface area (Å²) in [5.74, 6) is -0.0544. The summed E-state index contributed by atoms with van der Waals surface area (Å²) in [6, 6.07) is -0.629. The predicted octanol–water partition coefficient (Wildman–Crippen LogP) is 20.0. The Morgan fingerprint density at radius 2 is 0.657 bits per heavy atom. The Hall–Kier alpha value is -1.40. The first-order valence-corrected chi connectivity index (χ1v) is 32.0. The summed E-state index contributed by atoms with van der Waals surface area (Å²) in [7, 11) is 0. The summed E-state index contributed by atoms with van der Waals surface area (Å²) >= 11 is 0. The van der Waals surface area contributed by atoms with Gasteiger partial charge in [-0.3, -0.25) is 9.59 Å². The number of unbranched alkanes of at least 4 members (excludes halogenated alkanes) is 49. The zero-order chi connectivity index (χ0) is 50.7. The number of hydrogen-bond donors (Lipinski definition) is 3. The van der Waals surface area contributed by atoms with E-state index in [9.17, 15) is 19.8 Å². The van der Waals surface area contributed by atoms with Crippen LogP contribution in [0.25, 0.3) is 0 Å². The Morgan fingerprint density at radius 1 is 0.386 bits per heavy atom. The van der Waals surface area contributed by atoms with Crippen molar-refractivity contribution in [1.29, 1.82) is 0 Å². The molecule has 2 atom stereocenters. The molecule has 0 rings (SSSR count). The average Bonchev–Trinajstić information content (AvgIpc) is 3.36. The number of carbonyl (C=O) groups excluding carboxylic acids is 2. The van der Waals surface area contributed by atoms with Gasteiger partial charge >= 0.3 is 5.97 Å². The third-order valence-corrected chi connectivity index (χ3v) is 15.1. The Labute approximate surface area is 438 Å². The van der Waals surface area contributed by atoms with Crippen LogP contribution in [0.5, 0.6) is 0 Å². The highest BCUT2D eigenvalue weighted by molar-refractivity contribution is 5.76. The van der Waals surface area contributed by atoms with Crippen molar-refractivity contribution in [2.45, 2.75) is 373 Å². The Morgan fingerprint density at radius 3 is 0.971 bits per heavy atom. The second-order valence-corrected chi connectivity index (χ2v) is 22.1. The fourth-order valence-electron chi connectivity index (χ4n) is 10.2. The zero-order valence-corrected chi connectivity index (χ0v) is 47.5. The van der Waals surface area contributed by atoms with E-state index in [1.54, 1.807) is 6.08 Å². The molecular formula is C64H125NO5. The van der Waals surface area contributed by atoms with Crippen LogP contribution in [0.1, 0.15) is 361 Å². The monoisotopic (exact) mass is 988 g/mol. The largest absolute Gasteiger partial charge is 0.466 e. The minimum absolute atomic E-state index is 0.0135. The molecule has 0 aliphatic heterocycles. The highest BCUT2D eigenvalue weighted by atomic mass is 16.5. The first kappa shape index (κ1) is 68.6. The maximum absolute atomic E-state index is 12.5. The first-order valence-electron chi connectivity index (χ1n) is 32.0. The van der Waals surface area contributed by atoms with Gasteiger partial charge in [-0.15, -0.1) is 0 Å². The molecule has 0 aromatic rings. The number of esters is 1. The van der Waals surface area contributed by atoms with Gasteiger partial charge in [0.25, 0.3) is 0 Å². The van der Waals surface area contributed by atoms with Crippen molar-refractivity contribution in [3.63, 3.8) is 0 Å². The van der Waals surface area contributed by atoms with Crippen molar-refractivity contribution < 1.29 is 24.5 Å². The van der Waals surface area contributed by atoms with E-state index < -0.39 is 12.1 Å². The van der Waals surface area contributed by atoms with Crippen molar-refractivity contribution >= 4 is 11.9 Å². The molecule has 6 nitrogen and oxygen atoms in total. The van der Waals surface area contributed by atoms with Crippen molar-refractivity contribution in [2.75, 3.05) is 13.2 Å². The lowest BCUT2D eigenvalue weighted by Crippen LogP contribution is -2.45.